The fraction of sp³-hybridized carbons (Fsp3) is 0.500. The van der Waals surface area contributed by atoms with Crippen molar-refractivity contribution in [1.29, 1.82) is 0 Å². The van der Waals surface area contributed by atoms with Crippen molar-refractivity contribution in [2.24, 2.45) is 0 Å². The summed E-state index contributed by atoms with van der Waals surface area (Å²) in [7, 11) is -3.33. The monoisotopic (exact) mass is 270 g/mol. The minimum absolute atomic E-state index is 0.0516. The Balaban J connectivity index is 2.19. The van der Waals surface area contributed by atoms with E-state index in [0.29, 0.717) is 31.0 Å². The lowest BCUT2D eigenvalue weighted by Crippen LogP contribution is -2.47. The van der Waals surface area contributed by atoms with Gasteiger partial charge in [0.25, 0.3) is 0 Å². The van der Waals surface area contributed by atoms with Crippen molar-refractivity contribution < 1.29 is 13.2 Å². The van der Waals surface area contributed by atoms with Crippen molar-refractivity contribution in [3.05, 3.63) is 29.8 Å². The fourth-order valence-corrected chi connectivity index (χ4v) is 3.85. The van der Waals surface area contributed by atoms with Crippen molar-refractivity contribution in [1.82, 2.24) is 4.31 Å². The molecule has 1 heterocycles. The number of hydrogen-bond donors (Lipinski definition) is 1. The molecule has 18 heavy (non-hydrogen) atoms. The predicted octanol–water partition coefficient (Wildman–Crippen LogP) is 0.819. The maximum Gasteiger partial charge on any atom is 0.218 e. The number of morpholine rings is 1. The molecular weight excluding hydrogens is 252 g/mol. The molecule has 100 valence electrons. The summed E-state index contributed by atoms with van der Waals surface area (Å²) in [5.74, 6) is -0.0516. The molecular formula is C12H18N2O3S. The van der Waals surface area contributed by atoms with Gasteiger partial charge in [-0.1, -0.05) is 18.2 Å². The fourth-order valence-electron chi connectivity index (χ4n) is 2.07. The highest BCUT2D eigenvalue weighted by Crippen LogP contribution is 2.19. The van der Waals surface area contributed by atoms with Gasteiger partial charge in [-0.15, -0.1) is 0 Å². The molecule has 1 saturated heterocycles. The number of anilines is 1. The third-order valence-electron chi connectivity index (χ3n) is 3.06. The van der Waals surface area contributed by atoms with Crippen molar-refractivity contribution in [3.8, 4) is 0 Å². The topological polar surface area (TPSA) is 72.6 Å². The van der Waals surface area contributed by atoms with Gasteiger partial charge in [0, 0.05) is 18.3 Å². The Bertz CT molecular complexity index is 516. The summed E-state index contributed by atoms with van der Waals surface area (Å²) in [4.78, 5) is 0. The van der Waals surface area contributed by atoms with Crippen LogP contribution >= 0.6 is 0 Å². The second-order valence-corrected chi connectivity index (χ2v) is 6.41. The number of nitrogen functional groups attached to an aromatic ring is 1. The van der Waals surface area contributed by atoms with Crippen LogP contribution in [0.15, 0.2) is 24.3 Å². The number of para-hydroxylation sites is 1. The van der Waals surface area contributed by atoms with Crippen LogP contribution in [-0.2, 0) is 20.5 Å². The van der Waals surface area contributed by atoms with Gasteiger partial charge in [0.2, 0.25) is 10.0 Å². The van der Waals surface area contributed by atoms with Gasteiger partial charge in [-0.25, -0.2) is 8.42 Å². The Hall–Kier alpha value is -1.11. The number of rotatable bonds is 3. The van der Waals surface area contributed by atoms with Crippen molar-refractivity contribution >= 4 is 15.7 Å². The lowest BCUT2D eigenvalue weighted by molar-refractivity contribution is 0.0392. The first kappa shape index (κ1) is 13.3. The quantitative estimate of drug-likeness (QED) is 0.825. The molecule has 1 aliphatic rings. The van der Waals surface area contributed by atoms with Gasteiger partial charge in [-0.2, -0.15) is 4.31 Å². The van der Waals surface area contributed by atoms with Crippen LogP contribution in [0.25, 0.3) is 0 Å². The molecule has 2 rings (SSSR count). The molecule has 1 aromatic carbocycles. The van der Waals surface area contributed by atoms with E-state index < -0.39 is 10.0 Å². The van der Waals surface area contributed by atoms with Gasteiger partial charge in [-0.3, -0.25) is 0 Å². The molecule has 0 unspecified atom stereocenters. The van der Waals surface area contributed by atoms with E-state index in [1.54, 1.807) is 24.3 Å². The maximum absolute atomic E-state index is 12.3. The van der Waals surface area contributed by atoms with Crippen molar-refractivity contribution in [2.45, 2.75) is 18.7 Å². The molecule has 1 atom stereocenters. The van der Waals surface area contributed by atoms with E-state index in [1.165, 1.54) is 4.31 Å². The molecule has 2 N–H and O–H groups in total. The highest BCUT2D eigenvalue weighted by atomic mass is 32.2. The minimum Gasteiger partial charge on any atom is -0.398 e. The molecule has 0 aromatic heterocycles. The van der Waals surface area contributed by atoms with Crippen molar-refractivity contribution in [3.63, 3.8) is 0 Å². The maximum atomic E-state index is 12.3. The minimum atomic E-state index is -3.33. The summed E-state index contributed by atoms with van der Waals surface area (Å²) >= 11 is 0. The standard InChI is InChI=1S/C12H18N2O3S/c1-10-8-17-7-6-14(10)18(15,16)9-11-4-2-3-5-12(11)13/h2-5,10H,6-9,13H2,1H3/t10-/m1/s1. The smallest absolute Gasteiger partial charge is 0.218 e. The number of nitrogens with two attached hydrogens (primary N) is 1. The Morgan fingerprint density at radius 3 is 2.83 bits per heavy atom. The summed E-state index contributed by atoms with van der Waals surface area (Å²) in [6.45, 7) is 3.17. The van der Waals surface area contributed by atoms with Crippen LogP contribution in [0.1, 0.15) is 12.5 Å². The summed E-state index contributed by atoms with van der Waals surface area (Å²) in [6.07, 6.45) is 0. The molecule has 1 aliphatic heterocycles. The lowest BCUT2D eigenvalue weighted by Gasteiger charge is -2.32. The van der Waals surface area contributed by atoms with E-state index in [0.717, 1.165) is 0 Å². The van der Waals surface area contributed by atoms with Crippen LogP contribution in [0.2, 0.25) is 0 Å². The van der Waals surface area contributed by atoms with Crippen LogP contribution < -0.4 is 5.73 Å². The van der Waals surface area contributed by atoms with E-state index in [-0.39, 0.29) is 11.8 Å². The SMILES string of the molecule is C[C@@H]1COCCN1S(=O)(=O)Cc1ccccc1N. The van der Waals surface area contributed by atoms with E-state index >= 15 is 0 Å². The number of nitrogens with zero attached hydrogens (tertiary/aromatic N) is 1. The zero-order chi connectivity index (χ0) is 13.2. The van der Waals surface area contributed by atoms with E-state index in [9.17, 15) is 8.42 Å². The number of ether oxygens (including phenoxy) is 1. The molecule has 6 heteroatoms. The average Bonchev–Trinajstić information content (AvgIpc) is 2.32. The number of hydrogen-bond acceptors (Lipinski definition) is 4. The lowest BCUT2D eigenvalue weighted by atomic mass is 10.2. The van der Waals surface area contributed by atoms with Crippen LogP contribution in [0.5, 0.6) is 0 Å². The number of sulfonamides is 1. The zero-order valence-electron chi connectivity index (χ0n) is 10.4. The third-order valence-corrected chi connectivity index (χ3v) is 4.99. The molecule has 0 radical (unpaired) electrons. The molecule has 1 fully saturated rings. The van der Waals surface area contributed by atoms with E-state index in [4.69, 9.17) is 10.5 Å². The molecule has 1 aromatic rings. The highest BCUT2D eigenvalue weighted by molar-refractivity contribution is 7.88. The first-order valence-corrected chi connectivity index (χ1v) is 7.52. The first-order chi connectivity index (χ1) is 8.50. The van der Waals surface area contributed by atoms with Gasteiger partial charge in [0.1, 0.15) is 0 Å². The van der Waals surface area contributed by atoms with Gasteiger partial charge in [-0.05, 0) is 18.6 Å². The first-order valence-electron chi connectivity index (χ1n) is 5.91. The van der Waals surface area contributed by atoms with Gasteiger partial charge < -0.3 is 10.5 Å². The third kappa shape index (κ3) is 2.82. The highest BCUT2D eigenvalue weighted by Gasteiger charge is 2.30. The molecule has 0 spiro atoms. The second kappa shape index (κ2) is 5.26. The second-order valence-electron chi connectivity index (χ2n) is 4.49. The number of benzene rings is 1. The van der Waals surface area contributed by atoms with E-state index in [2.05, 4.69) is 0 Å². The summed E-state index contributed by atoms with van der Waals surface area (Å²) in [5, 5.41) is 0. The Labute approximate surface area is 108 Å². The Morgan fingerprint density at radius 1 is 1.44 bits per heavy atom. The van der Waals surface area contributed by atoms with Gasteiger partial charge in [0.15, 0.2) is 0 Å². The summed E-state index contributed by atoms with van der Waals surface area (Å²) in [5.41, 5.74) is 6.95. The Kier molecular flexibility index (Phi) is 3.89. The molecule has 0 saturated carbocycles. The normalized spacial score (nSPS) is 21.9. The summed E-state index contributed by atoms with van der Waals surface area (Å²) < 4.78 is 31.4. The molecule has 0 bridgehead atoms. The average molecular weight is 270 g/mol. The zero-order valence-corrected chi connectivity index (χ0v) is 11.2. The predicted molar refractivity (Wildman–Crippen MR) is 70.5 cm³/mol. The summed E-state index contributed by atoms with van der Waals surface area (Å²) in [6, 6.07) is 6.94. The van der Waals surface area contributed by atoms with Gasteiger partial charge >= 0.3 is 0 Å². The Morgan fingerprint density at radius 2 is 2.17 bits per heavy atom. The van der Waals surface area contributed by atoms with Crippen molar-refractivity contribution in [2.75, 3.05) is 25.5 Å². The molecule has 5 nitrogen and oxygen atoms in total. The van der Waals surface area contributed by atoms with Crippen LogP contribution in [0.4, 0.5) is 5.69 Å². The van der Waals surface area contributed by atoms with Crippen LogP contribution in [0.3, 0.4) is 0 Å². The largest absolute Gasteiger partial charge is 0.398 e. The van der Waals surface area contributed by atoms with Gasteiger partial charge in [0.05, 0.1) is 19.0 Å². The molecule has 0 aliphatic carbocycles. The van der Waals surface area contributed by atoms with Crippen LogP contribution in [-0.4, -0.2) is 38.5 Å². The molecule has 0 amide bonds. The van der Waals surface area contributed by atoms with Crippen LogP contribution in [0, 0.1) is 0 Å². The van der Waals surface area contributed by atoms with E-state index in [1.807, 2.05) is 6.92 Å².